The predicted molar refractivity (Wildman–Crippen MR) is 80.3 cm³/mol. The van der Waals surface area contributed by atoms with Crippen molar-refractivity contribution < 1.29 is 9.53 Å². The van der Waals surface area contributed by atoms with E-state index in [1.54, 1.807) is 7.11 Å². The van der Waals surface area contributed by atoms with Gasteiger partial charge in [0.25, 0.3) is 0 Å². The van der Waals surface area contributed by atoms with Gasteiger partial charge >= 0.3 is 0 Å². The molecule has 1 saturated heterocycles. The standard InChI is InChI=1S/C15H20N2O2.ClH/c1-19-11-5-2-10(3-6-11)4-7-14(18)17-15-12-8-16-9-13(12)15;/h2-3,5-6,12-13,15-16H,4,7-9H2,1H3,(H,17,18);1H. The molecule has 2 N–H and O–H groups in total. The molecule has 20 heavy (non-hydrogen) atoms. The fraction of sp³-hybridized carbons (Fsp3) is 0.533. The zero-order chi connectivity index (χ0) is 13.2. The number of piperidine rings is 1. The maximum atomic E-state index is 11.9. The summed E-state index contributed by atoms with van der Waals surface area (Å²) in [4.78, 5) is 11.9. The Bertz CT molecular complexity index is 453. The Balaban J connectivity index is 0.00000147. The van der Waals surface area contributed by atoms with Crippen molar-refractivity contribution >= 4 is 18.3 Å². The van der Waals surface area contributed by atoms with E-state index in [-0.39, 0.29) is 18.3 Å². The zero-order valence-electron chi connectivity index (χ0n) is 11.6. The number of fused-ring (bicyclic) bond motifs is 1. The van der Waals surface area contributed by atoms with Crippen LogP contribution in [0.5, 0.6) is 5.75 Å². The first-order chi connectivity index (χ1) is 9.28. The molecular weight excluding hydrogens is 276 g/mol. The molecule has 0 radical (unpaired) electrons. The van der Waals surface area contributed by atoms with Gasteiger partial charge in [0.15, 0.2) is 0 Å². The summed E-state index contributed by atoms with van der Waals surface area (Å²) in [5.41, 5.74) is 1.17. The van der Waals surface area contributed by atoms with E-state index in [0.717, 1.165) is 25.3 Å². The third-order valence-corrected chi connectivity index (χ3v) is 4.22. The first-order valence-corrected chi connectivity index (χ1v) is 6.91. The molecule has 1 heterocycles. The van der Waals surface area contributed by atoms with Crippen LogP contribution in [0.1, 0.15) is 12.0 Å². The summed E-state index contributed by atoms with van der Waals surface area (Å²) in [6.45, 7) is 2.13. The molecule has 0 aromatic heterocycles. The van der Waals surface area contributed by atoms with Gasteiger partial charge in [0.2, 0.25) is 5.91 Å². The minimum absolute atomic E-state index is 0. The lowest BCUT2D eigenvalue weighted by Gasteiger charge is -2.08. The van der Waals surface area contributed by atoms with Gasteiger partial charge in [0.05, 0.1) is 7.11 Å². The Kier molecular flexibility index (Phi) is 4.89. The van der Waals surface area contributed by atoms with E-state index >= 15 is 0 Å². The third-order valence-electron chi connectivity index (χ3n) is 4.22. The van der Waals surface area contributed by atoms with Crippen LogP contribution >= 0.6 is 12.4 Å². The number of hydrogen-bond acceptors (Lipinski definition) is 3. The van der Waals surface area contributed by atoms with Crippen LogP contribution in [0.3, 0.4) is 0 Å². The highest BCUT2D eigenvalue weighted by Gasteiger charge is 2.53. The fourth-order valence-electron chi connectivity index (χ4n) is 2.94. The van der Waals surface area contributed by atoms with Crippen LogP contribution in [0.2, 0.25) is 0 Å². The quantitative estimate of drug-likeness (QED) is 0.863. The Morgan fingerprint density at radius 1 is 1.30 bits per heavy atom. The number of ether oxygens (including phenoxy) is 1. The smallest absolute Gasteiger partial charge is 0.220 e. The molecule has 3 rings (SSSR count). The molecule has 2 fully saturated rings. The van der Waals surface area contributed by atoms with E-state index in [0.29, 0.717) is 24.3 Å². The number of carbonyl (C=O) groups excluding carboxylic acids is 1. The van der Waals surface area contributed by atoms with Gasteiger partial charge in [-0.3, -0.25) is 4.79 Å². The largest absolute Gasteiger partial charge is 0.497 e. The highest BCUT2D eigenvalue weighted by molar-refractivity contribution is 5.85. The highest BCUT2D eigenvalue weighted by atomic mass is 35.5. The Morgan fingerprint density at radius 2 is 1.95 bits per heavy atom. The molecule has 1 aliphatic carbocycles. The van der Waals surface area contributed by atoms with E-state index in [2.05, 4.69) is 10.6 Å². The molecule has 0 bridgehead atoms. The summed E-state index contributed by atoms with van der Waals surface area (Å²) in [5.74, 6) is 2.40. The number of aryl methyl sites for hydroxylation is 1. The number of benzene rings is 1. The van der Waals surface area contributed by atoms with Crippen LogP contribution < -0.4 is 15.4 Å². The molecule has 1 amide bonds. The average molecular weight is 297 g/mol. The first kappa shape index (κ1) is 15.1. The van der Waals surface area contributed by atoms with Crippen molar-refractivity contribution in [3.63, 3.8) is 0 Å². The minimum atomic E-state index is 0. The number of halogens is 1. The summed E-state index contributed by atoms with van der Waals surface area (Å²) in [6.07, 6.45) is 1.35. The number of methoxy groups -OCH3 is 1. The number of rotatable bonds is 5. The van der Waals surface area contributed by atoms with Gasteiger partial charge in [-0.05, 0) is 36.0 Å². The molecular formula is C15H21ClN2O2. The summed E-state index contributed by atoms with van der Waals surface area (Å²) < 4.78 is 5.11. The maximum absolute atomic E-state index is 11.9. The molecule has 110 valence electrons. The first-order valence-electron chi connectivity index (χ1n) is 6.91. The summed E-state index contributed by atoms with van der Waals surface area (Å²) in [6, 6.07) is 8.34. The van der Waals surface area contributed by atoms with Crippen molar-refractivity contribution in [2.45, 2.75) is 18.9 Å². The minimum Gasteiger partial charge on any atom is -0.497 e. The Hall–Kier alpha value is -1.26. The van der Waals surface area contributed by atoms with Gasteiger partial charge in [0.1, 0.15) is 5.75 Å². The molecule has 0 spiro atoms. The van der Waals surface area contributed by atoms with Gasteiger partial charge in [-0.25, -0.2) is 0 Å². The second-order valence-electron chi connectivity index (χ2n) is 5.43. The van der Waals surface area contributed by atoms with Crippen molar-refractivity contribution in [2.24, 2.45) is 11.8 Å². The summed E-state index contributed by atoms with van der Waals surface area (Å²) in [5, 5.41) is 6.48. The molecule has 1 aliphatic heterocycles. The van der Waals surface area contributed by atoms with E-state index in [1.165, 1.54) is 5.56 Å². The van der Waals surface area contributed by atoms with Gasteiger partial charge in [-0.1, -0.05) is 12.1 Å². The van der Waals surface area contributed by atoms with E-state index in [4.69, 9.17) is 4.74 Å². The molecule has 2 atom stereocenters. The van der Waals surface area contributed by atoms with Crippen LogP contribution in [0.15, 0.2) is 24.3 Å². The fourth-order valence-corrected chi connectivity index (χ4v) is 2.94. The molecule has 2 aliphatic rings. The van der Waals surface area contributed by atoms with Crippen molar-refractivity contribution in [1.82, 2.24) is 10.6 Å². The van der Waals surface area contributed by atoms with Crippen LogP contribution in [0.25, 0.3) is 0 Å². The molecule has 1 aromatic carbocycles. The SMILES string of the molecule is COc1ccc(CCC(=O)NC2C3CNCC32)cc1.Cl. The molecule has 1 aromatic rings. The van der Waals surface area contributed by atoms with Gasteiger partial charge in [-0.2, -0.15) is 0 Å². The zero-order valence-corrected chi connectivity index (χ0v) is 12.4. The van der Waals surface area contributed by atoms with Crippen LogP contribution in [-0.2, 0) is 11.2 Å². The number of amides is 1. The predicted octanol–water partition coefficient (Wildman–Crippen LogP) is 1.38. The second-order valence-corrected chi connectivity index (χ2v) is 5.43. The third kappa shape index (κ3) is 3.25. The normalized spacial score (nSPS) is 26.4. The van der Waals surface area contributed by atoms with Crippen molar-refractivity contribution in [3.05, 3.63) is 29.8 Å². The van der Waals surface area contributed by atoms with Crippen LogP contribution in [0.4, 0.5) is 0 Å². The van der Waals surface area contributed by atoms with Gasteiger partial charge in [0, 0.05) is 25.6 Å². The lowest BCUT2D eigenvalue weighted by molar-refractivity contribution is -0.121. The Morgan fingerprint density at radius 3 is 2.55 bits per heavy atom. The van der Waals surface area contributed by atoms with E-state index in [9.17, 15) is 4.79 Å². The van der Waals surface area contributed by atoms with Crippen molar-refractivity contribution in [1.29, 1.82) is 0 Å². The molecule has 4 nitrogen and oxygen atoms in total. The van der Waals surface area contributed by atoms with Gasteiger partial charge < -0.3 is 15.4 Å². The molecule has 5 heteroatoms. The van der Waals surface area contributed by atoms with Gasteiger partial charge in [-0.15, -0.1) is 12.4 Å². The average Bonchev–Trinajstić information content (AvgIpc) is 2.89. The lowest BCUT2D eigenvalue weighted by Crippen LogP contribution is -2.32. The number of carbonyl (C=O) groups is 1. The maximum Gasteiger partial charge on any atom is 0.220 e. The summed E-state index contributed by atoms with van der Waals surface area (Å²) >= 11 is 0. The highest BCUT2D eigenvalue weighted by Crippen LogP contribution is 2.41. The van der Waals surface area contributed by atoms with Crippen molar-refractivity contribution in [2.75, 3.05) is 20.2 Å². The monoisotopic (exact) mass is 296 g/mol. The molecule has 2 unspecified atom stereocenters. The lowest BCUT2D eigenvalue weighted by atomic mass is 10.1. The van der Waals surface area contributed by atoms with E-state index < -0.39 is 0 Å². The van der Waals surface area contributed by atoms with Crippen LogP contribution in [-0.4, -0.2) is 32.1 Å². The second kappa shape index (κ2) is 6.46. The number of nitrogens with one attached hydrogen (secondary N) is 2. The Labute approximate surface area is 125 Å². The number of hydrogen-bond donors (Lipinski definition) is 2. The summed E-state index contributed by atoms with van der Waals surface area (Å²) in [7, 11) is 1.66. The van der Waals surface area contributed by atoms with Crippen LogP contribution in [0, 0.1) is 11.8 Å². The molecule has 1 saturated carbocycles. The van der Waals surface area contributed by atoms with E-state index in [1.807, 2.05) is 24.3 Å². The van der Waals surface area contributed by atoms with Crippen molar-refractivity contribution in [3.8, 4) is 5.75 Å². The topological polar surface area (TPSA) is 50.4 Å².